The van der Waals surface area contributed by atoms with E-state index in [9.17, 15) is 9.59 Å². The van der Waals surface area contributed by atoms with Crippen LogP contribution in [0.1, 0.15) is 28.9 Å². The topological polar surface area (TPSA) is 51.1 Å². The standard InChI is InChI=1S/C19H13Cl3N2O2/c1-9-5-10-3-2-4-11-17(10)24(9)8-12(18(11)25)19(26)23-16-7-14(21)13(20)6-15(16)22/h2-4,6-9H,5H2,1H3,(H,23,26). The van der Waals surface area contributed by atoms with Crippen molar-refractivity contribution in [2.24, 2.45) is 0 Å². The van der Waals surface area contributed by atoms with Crippen molar-refractivity contribution in [3.63, 3.8) is 0 Å². The molecule has 0 bridgehead atoms. The number of para-hydroxylation sites is 1. The van der Waals surface area contributed by atoms with Crippen LogP contribution >= 0.6 is 34.8 Å². The van der Waals surface area contributed by atoms with Crippen LogP contribution in [0.3, 0.4) is 0 Å². The summed E-state index contributed by atoms with van der Waals surface area (Å²) < 4.78 is 1.98. The second kappa shape index (κ2) is 6.31. The average Bonchev–Trinajstić information content (AvgIpc) is 2.92. The lowest BCUT2D eigenvalue weighted by molar-refractivity contribution is 0.102. The molecule has 3 aromatic rings. The van der Waals surface area contributed by atoms with Crippen LogP contribution in [0.25, 0.3) is 10.9 Å². The number of pyridine rings is 1. The number of rotatable bonds is 2. The zero-order valence-corrected chi connectivity index (χ0v) is 15.9. The summed E-state index contributed by atoms with van der Waals surface area (Å²) in [7, 11) is 0. The van der Waals surface area contributed by atoms with Gasteiger partial charge >= 0.3 is 0 Å². The fourth-order valence-electron chi connectivity index (χ4n) is 3.39. The highest BCUT2D eigenvalue weighted by atomic mass is 35.5. The maximum atomic E-state index is 12.9. The molecular weight excluding hydrogens is 395 g/mol. The number of amides is 1. The first-order chi connectivity index (χ1) is 12.4. The van der Waals surface area contributed by atoms with Crippen LogP contribution in [-0.2, 0) is 6.42 Å². The third kappa shape index (κ3) is 2.69. The third-order valence-electron chi connectivity index (χ3n) is 4.63. The van der Waals surface area contributed by atoms with E-state index in [0.717, 1.165) is 17.5 Å². The van der Waals surface area contributed by atoms with E-state index in [2.05, 4.69) is 12.2 Å². The zero-order valence-electron chi connectivity index (χ0n) is 13.6. The molecule has 0 saturated heterocycles. The number of aromatic nitrogens is 1. The molecule has 1 aliphatic heterocycles. The fourth-order valence-corrected chi connectivity index (χ4v) is 3.98. The summed E-state index contributed by atoms with van der Waals surface area (Å²) in [6.07, 6.45) is 2.45. The maximum Gasteiger partial charge on any atom is 0.261 e. The number of halogens is 3. The minimum atomic E-state index is -0.537. The minimum Gasteiger partial charge on any atom is -0.343 e. The summed E-state index contributed by atoms with van der Waals surface area (Å²) in [5.41, 5.74) is 2.07. The molecule has 0 saturated carbocycles. The van der Waals surface area contributed by atoms with E-state index in [0.29, 0.717) is 11.1 Å². The van der Waals surface area contributed by atoms with Crippen molar-refractivity contribution in [1.82, 2.24) is 4.57 Å². The summed E-state index contributed by atoms with van der Waals surface area (Å²) in [5, 5.41) is 3.99. The van der Waals surface area contributed by atoms with Crippen molar-refractivity contribution in [3.05, 3.63) is 72.9 Å². The van der Waals surface area contributed by atoms with Crippen LogP contribution in [0, 0.1) is 0 Å². The number of nitrogens with one attached hydrogen (secondary N) is 1. The predicted octanol–water partition coefficient (Wildman–Crippen LogP) is 5.33. The molecule has 7 heteroatoms. The normalized spacial score (nSPS) is 15.5. The molecule has 1 aromatic heterocycles. The van der Waals surface area contributed by atoms with Crippen molar-refractivity contribution >= 4 is 57.3 Å². The van der Waals surface area contributed by atoms with Gasteiger partial charge in [-0.25, -0.2) is 0 Å². The first-order valence-corrected chi connectivity index (χ1v) is 9.13. The van der Waals surface area contributed by atoms with Gasteiger partial charge in [0.2, 0.25) is 5.43 Å². The molecule has 4 nitrogen and oxygen atoms in total. The highest BCUT2D eigenvalue weighted by molar-refractivity contribution is 6.44. The second-order valence-corrected chi connectivity index (χ2v) is 7.57. The van der Waals surface area contributed by atoms with Gasteiger partial charge in [0.1, 0.15) is 5.56 Å². The maximum absolute atomic E-state index is 12.9. The van der Waals surface area contributed by atoms with Crippen molar-refractivity contribution in [2.45, 2.75) is 19.4 Å². The van der Waals surface area contributed by atoms with E-state index < -0.39 is 5.91 Å². The van der Waals surface area contributed by atoms with Gasteiger partial charge in [0.15, 0.2) is 0 Å². The molecule has 132 valence electrons. The van der Waals surface area contributed by atoms with Crippen molar-refractivity contribution in [1.29, 1.82) is 0 Å². The number of nitrogens with zero attached hydrogens (tertiary/aromatic N) is 1. The van der Waals surface area contributed by atoms with Crippen LogP contribution in [0.5, 0.6) is 0 Å². The predicted molar refractivity (Wildman–Crippen MR) is 106 cm³/mol. The molecule has 1 aliphatic rings. The Morgan fingerprint density at radius 1 is 1.15 bits per heavy atom. The molecule has 0 aliphatic carbocycles. The van der Waals surface area contributed by atoms with Crippen LogP contribution in [0.15, 0.2) is 41.3 Å². The second-order valence-electron chi connectivity index (χ2n) is 6.35. The first-order valence-electron chi connectivity index (χ1n) is 7.99. The van der Waals surface area contributed by atoms with E-state index in [1.165, 1.54) is 12.1 Å². The Labute approximate surface area is 164 Å². The number of carbonyl (C=O) groups excluding carboxylic acids is 1. The summed E-state index contributed by atoms with van der Waals surface area (Å²) in [6.45, 7) is 2.06. The summed E-state index contributed by atoms with van der Waals surface area (Å²) in [4.78, 5) is 25.6. The molecule has 26 heavy (non-hydrogen) atoms. The van der Waals surface area contributed by atoms with Gasteiger partial charge in [-0.05, 0) is 37.1 Å². The molecule has 2 heterocycles. The van der Waals surface area contributed by atoms with Gasteiger partial charge < -0.3 is 9.88 Å². The van der Waals surface area contributed by atoms with Gasteiger partial charge in [-0.3, -0.25) is 9.59 Å². The Morgan fingerprint density at radius 2 is 1.88 bits per heavy atom. The fraction of sp³-hybridized carbons (Fsp3) is 0.158. The molecule has 1 N–H and O–H groups in total. The van der Waals surface area contributed by atoms with Crippen LogP contribution < -0.4 is 10.7 Å². The Balaban J connectivity index is 1.81. The lowest BCUT2D eigenvalue weighted by Gasteiger charge is -2.13. The number of anilines is 1. The number of benzene rings is 2. The molecular formula is C19H13Cl3N2O2. The van der Waals surface area contributed by atoms with Crippen LogP contribution in [-0.4, -0.2) is 10.5 Å². The molecule has 0 spiro atoms. The van der Waals surface area contributed by atoms with Gasteiger partial charge in [-0.1, -0.05) is 46.9 Å². The highest BCUT2D eigenvalue weighted by Crippen LogP contribution is 2.33. The van der Waals surface area contributed by atoms with Crippen molar-refractivity contribution in [3.8, 4) is 0 Å². The van der Waals surface area contributed by atoms with Gasteiger partial charge in [-0.2, -0.15) is 0 Å². The lowest BCUT2D eigenvalue weighted by Crippen LogP contribution is -2.24. The summed E-state index contributed by atoms with van der Waals surface area (Å²) >= 11 is 18.0. The zero-order chi connectivity index (χ0) is 18.6. The van der Waals surface area contributed by atoms with E-state index in [1.807, 2.05) is 16.7 Å². The van der Waals surface area contributed by atoms with E-state index in [-0.39, 0.29) is 32.1 Å². The molecule has 0 fully saturated rings. The van der Waals surface area contributed by atoms with Crippen molar-refractivity contribution < 1.29 is 4.79 Å². The van der Waals surface area contributed by atoms with Crippen LogP contribution in [0.2, 0.25) is 15.1 Å². The number of carbonyl (C=O) groups is 1. The Hall–Kier alpha value is -2.01. The third-order valence-corrected chi connectivity index (χ3v) is 5.66. The largest absolute Gasteiger partial charge is 0.343 e. The van der Waals surface area contributed by atoms with Gasteiger partial charge in [0, 0.05) is 17.6 Å². The lowest BCUT2D eigenvalue weighted by atomic mass is 10.1. The quantitative estimate of drug-likeness (QED) is 0.584. The Kier molecular flexibility index (Phi) is 4.22. The summed E-state index contributed by atoms with van der Waals surface area (Å²) in [5.74, 6) is -0.537. The van der Waals surface area contributed by atoms with Crippen LogP contribution in [0.4, 0.5) is 5.69 Å². The molecule has 1 unspecified atom stereocenters. The monoisotopic (exact) mass is 406 g/mol. The molecule has 2 aromatic carbocycles. The number of hydrogen-bond donors (Lipinski definition) is 1. The van der Waals surface area contributed by atoms with E-state index in [1.54, 1.807) is 12.3 Å². The molecule has 4 rings (SSSR count). The number of hydrogen-bond acceptors (Lipinski definition) is 2. The van der Waals surface area contributed by atoms with Gasteiger partial charge in [0.25, 0.3) is 5.91 Å². The average molecular weight is 408 g/mol. The molecule has 0 radical (unpaired) electrons. The smallest absolute Gasteiger partial charge is 0.261 e. The SMILES string of the molecule is CC1Cc2cccc3c(=O)c(C(=O)Nc4cc(Cl)c(Cl)cc4Cl)cn1c23. The van der Waals surface area contributed by atoms with Gasteiger partial charge in [0.05, 0.1) is 26.3 Å². The molecule has 1 amide bonds. The van der Waals surface area contributed by atoms with Crippen molar-refractivity contribution in [2.75, 3.05) is 5.32 Å². The molecule has 1 atom stereocenters. The van der Waals surface area contributed by atoms with E-state index >= 15 is 0 Å². The van der Waals surface area contributed by atoms with E-state index in [4.69, 9.17) is 34.8 Å². The highest BCUT2D eigenvalue weighted by Gasteiger charge is 2.24. The first kappa shape index (κ1) is 17.4. The minimum absolute atomic E-state index is 0.0607. The Morgan fingerprint density at radius 3 is 2.65 bits per heavy atom. The summed E-state index contributed by atoms with van der Waals surface area (Å²) in [6, 6.07) is 8.69. The van der Waals surface area contributed by atoms with Gasteiger partial charge in [-0.15, -0.1) is 0 Å². The Bertz CT molecular complexity index is 1140.